The van der Waals surface area contributed by atoms with Crippen molar-refractivity contribution in [2.24, 2.45) is 23.7 Å². The molecule has 6 heteroatoms. The third-order valence-electron chi connectivity index (χ3n) is 11.4. The topological polar surface area (TPSA) is 0 Å². The van der Waals surface area contributed by atoms with Crippen LogP contribution in [0.15, 0.2) is 128 Å². The van der Waals surface area contributed by atoms with Gasteiger partial charge in [-0.1, -0.05) is 107 Å². The van der Waals surface area contributed by atoms with E-state index in [1.165, 1.54) is 113 Å². The molecule has 0 spiro atoms. The fourth-order valence-electron chi connectivity index (χ4n) is 6.02. The first kappa shape index (κ1) is 57.2. The predicted octanol–water partition coefficient (Wildman–Crippen LogP) is 13.9. The molecule has 4 unspecified atom stereocenters. The molecule has 0 saturated heterocycles. The second-order valence-corrected chi connectivity index (χ2v) is 35.0. The standard InChI is InChI=1S/4C9H13.2C7H8Si.2ClH.2Hf/c4*1-6-5-7(2)9(4)8(6)3;2*1-8-7-5-3-2-4-6-7;;;;/h4*6H,1-4H3;2*2-6H,1H3;2*1H;;/q4*-1;;;;;2*+2. The zero-order chi connectivity index (χ0) is 41.4. The Hall–Kier alpha value is -0.886. The van der Waals surface area contributed by atoms with Gasteiger partial charge in [0.2, 0.25) is 0 Å². The van der Waals surface area contributed by atoms with E-state index in [0.717, 1.165) is 0 Å². The molecule has 56 heavy (non-hydrogen) atoms. The maximum atomic E-state index is 3.36. The minimum Gasteiger partial charge on any atom is -0.147 e. The average Bonchev–Trinajstić information content (AvgIpc) is 3.70. The summed E-state index contributed by atoms with van der Waals surface area (Å²) in [4.78, 5) is 0. The maximum Gasteiger partial charge on any atom is -0.147 e. The summed E-state index contributed by atoms with van der Waals surface area (Å²) in [6.45, 7) is 39.4. The Morgan fingerprint density at radius 2 is 0.554 bits per heavy atom. The minimum absolute atomic E-state index is 0. The van der Waals surface area contributed by atoms with Crippen LogP contribution < -0.4 is 10.4 Å². The first-order valence-electron chi connectivity index (χ1n) is 19.4. The van der Waals surface area contributed by atoms with Crippen LogP contribution in [0.2, 0.25) is 13.1 Å². The number of hydrogen-bond acceptors (Lipinski definition) is 0. The smallest absolute Gasteiger partial charge is 0.147 e. The summed E-state index contributed by atoms with van der Waals surface area (Å²) in [6.07, 6.45) is 13.4. The fourth-order valence-corrected chi connectivity index (χ4v) is 11.0. The number of rotatable bonds is 2. The van der Waals surface area contributed by atoms with Gasteiger partial charge in [0.25, 0.3) is 0 Å². The normalized spacial score (nSPS) is 20.4. The molecule has 0 fully saturated rings. The summed E-state index contributed by atoms with van der Waals surface area (Å²) in [6, 6.07) is 21.6. The Bertz CT molecular complexity index is 1640. The van der Waals surface area contributed by atoms with E-state index in [9.17, 15) is 0 Å². The van der Waals surface area contributed by atoms with Crippen molar-refractivity contribution in [2.45, 2.75) is 124 Å². The van der Waals surface area contributed by atoms with Gasteiger partial charge in [-0.05, 0) is 0 Å². The largest absolute Gasteiger partial charge is 0.147 e. The Labute approximate surface area is 387 Å². The number of benzene rings is 2. The Morgan fingerprint density at radius 3 is 0.625 bits per heavy atom. The molecule has 0 N–H and O–H groups in total. The summed E-state index contributed by atoms with van der Waals surface area (Å²) >= 11 is 2.72. The van der Waals surface area contributed by atoms with Crippen molar-refractivity contribution in [3.63, 3.8) is 0 Å². The average molecular weight is 1160 g/mol. The molecule has 4 atom stereocenters. The molecule has 4 aliphatic carbocycles. The molecule has 0 aromatic heterocycles. The van der Waals surface area contributed by atoms with Crippen molar-refractivity contribution in [2.75, 3.05) is 0 Å². The van der Waals surface area contributed by atoms with E-state index in [4.69, 9.17) is 0 Å². The summed E-state index contributed by atoms with van der Waals surface area (Å²) in [5.74, 6) is 2.24. The van der Waals surface area contributed by atoms with Crippen LogP contribution in [0.25, 0.3) is 0 Å². The van der Waals surface area contributed by atoms with Crippen molar-refractivity contribution in [1.82, 2.24) is 0 Å². The summed E-state index contributed by atoms with van der Waals surface area (Å²) in [5.41, 5.74) is 16.8. The molecule has 4 aliphatic rings. The fraction of sp³-hybridized carbons (Fsp3) is 0.440. The van der Waals surface area contributed by atoms with Gasteiger partial charge in [0.15, 0.2) is 0 Å². The molecule has 0 amide bonds. The third-order valence-corrected chi connectivity index (χ3v) is 20.0. The summed E-state index contributed by atoms with van der Waals surface area (Å²) in [5, 5.41) is 3.16. The van der Waals surface area contributed by atoms with E-state index in [1.54, 1.807) is 10.4 Å². The van der Waals surface area contributed by atoms with Gasteiger partial charge >= 0.3 is 141 Å². The monoisotopic (exact) mass is 1160 g/mol. The molecule has 0 aliphatic heterocycles. The van der Waals surface area contributed by atoms with Crippen LogP contribution in [0, 0.1) is 48.0 Å². The minimum atomic E-state index is -0.0733. The molecule has 0 radical (unpaired) electrons. The zero-order valence-electron chi connectivity index (χ0n) is 37.9. The Kier molecular flexibility index (Phi) is 29.2. The molecular formula is C50H70Cl2Hf2Si2. The van der Waals surface area contributed by atoms with Crippen LogP contribution in [0.4, 0.5) is 0 Å². The van der Waals surface area contributed by atoms with E-state index < -0.39 is 0 Å². The van der Waals surface area contributed by atoms with Gasteiger partial charge in [0, 0.05) is 0 Å². The summed E-state index contributed by atoms with van der Waals surface area (Å²) < 4.78 is 0. The number of halogens is 2. The van der Waals surface area contributed by atoms with E-state index in [2.05, 4.69) is 209 Å². The van der Waals surface area contributed by atoms with Crippen LogP contribution in [-0.2, 0) is 46.0 Å². The van der Waals surface area contributed by atoms with Gasteiger partial charge in [0.1, 0.15) is 0 Å². The van der Waals surface area contributed by atoms with Gasteiger partial charge in [-0.15, -0.1) is 52.5 Å². The van der Waals surface area contributed by atoms with E-state index in [1.807, 2.05) is 0 Å². The SMILES string of the molecule is CC1=[C-]C(C)C(C)=C1C.CC1=[C-]C(C)C(C)=C1C.CC1=[C-]C(C)C(C)=C1C.CC1=[C-]C(C)C(C)=C1C.C[Si](=[Hf+2])c1ccccc1.C[Si](=[Hf+2])c1ccccc1.Cl.Cl. The maximum absolute atomic E-state index is 3.36. The van der Waals surface area contributed by atoms with Gasteiger partial charge in [-0.3, -0.25) is 24.3 Å². The second kappa shape index (κ2) is 28.6. The number of allylic oxidation sites excluding steroid dienone is 16. The van der Waals surface area contributed by atoms with Crippen LogP contribution >= 0.6 is 24.8 Å². The quantitative estimate of drug-likeness (QED) is 0.208. The Morgan fingerprint density at radius 1 is 0.375 bits per heavy atom. The van der Waals surface area contributed by atoms with Gasteiger partial charge in [0.05, 0.1) is 0 Å². The van der Waals surface area contributed by atoms with E-state index in [-0.39, 0.29) is 35.8 Å². The van der Waals surface area contributed by atoms with Crippen LogP contribution in [-0.4, -0.2) is 11.0 Å². The van der Waals surface area contributed by atoms with Gasteiger partial charge in [-0.2, -0.15) is 44.6 Å². The van der Waals surface area contributed by atoms with Gasteiger partial charge < -0.3 is 0 Å². The van der Waals surface area contributed by atoms with Crippen LogP contribution in [0.1, 0.15) is 111 Å². The molecule has 0 heterocycles. The first-order chi connectivity index (χ1) is 25.1. The van der Waals surface area contributed by atoms with Gasteiger partial charge in [-0.25, -0.2) is 22.3 Å². The molecule has 0 bridgehead atoms. The summed E-state index contributed by atoms with van der Waals surface area (Å²) in [7, 11) is 0. The molecule has 2 aromatic rings. The predicted molar refractivity (Wildman–Crippen MR) is 250 cm³/mol. The number of hydrogen-bond donors (Lipinski definition) is 0. The molecule has 0 saturated carbocycles. The molecule has 6 rings (SSSR count). The van der Waals surface area contributed by atoms with E-state index in [0.29, 0.717) is 23.7 Å². The molecule has 2 aromatic carbocycles. The van der Waals surface area contributed by atoms with Crippen molar-refractivity contribution < 1.29 is 46.0 Å². The molecule has 300 valence electrons. The first-order valence-corrected chi connectivity index (χ1v) is 34.2. The third kappa shape index (κ3) is 19.0. The van der Waals surface area contributed by atoms with E-state index >= 15 is 0 Å². The van der Waals surface area contributed by atoms with Crippen LogP contribution in [0.3, 0.4) is 0 Å². The van der Waals surface area contributed by atoms with Crippen LogP contribution in [0.5, 0.6) is 0 Å². The zero-order valence-corrected chi connectivity index (χ0v) is 48.7. The van der Waals surface area contributed by atoms with Crippen molar-refractivity contribution in [3.8, 4) is 0 Å². The Balaban J connectivity index is 0. The molecular weight excluding hydrogens is 1080 g/mol. The molecule has 0 nitrogen and oxygen atoms in total. The van der Waals surface area contributed by atoms with Crippen molar-refractivity contribution in [1.29, 1.82) is 0 Å². The van der Waals surface area contributed by atoms with Crippen molar-refractivity contribution >= 4 is 46.2 Å². The second-order valence-electron chi connectivity index (χ2n) is 15.2. The van der Waals surface area contributed by atoms with Crippen molar-refractivity contribution in [3.05, 3.63) is 152 Å².